The van der Waals surface area contributed by atoms with Crippen molar-refractivity contribution >= 4 is 35.9 Å². The molecule has 0 unspecified atom stereocenters. The van der Waals surface area contributed by atoms with Gasteiger partial charge in [0, 0.05) is 5.41 Å². The number of halogens is 9. The van der Waals surface area contributed by atoms with Crippen molar-refractivity contribution in [3.05, 3.63) is 36.2 Å². The Morgan fingerprint density at radius 1 is 0.816 bits per heavy atom. The summed E-state index contributed by atoms with van der Waals surface area (Å²) in [5, 5.41) is -14.6. The Labute approximate surface area is 210 Å². The minimum absolute atomic E-state index is 0.0351. The van der Waals surface area contributed by atoms with E-state index in [4.69, 9.17) is 0 Å². The molecule has 0 saturated heterocycles. The van der Waals surface area contributed by atoms with Gasteiger partial charge in [0.1, 0.15) is 11.5 Å². The van der Waals surface area contributed by atoms with E-state index in [0.29, 0.717) is 18.6 Å². The van der Waals surface area contributed by atoms with Crippen LogP contribution in [-0.2, 0) is 35.0 Å². The molecule has 9 nitrogen and oxygen atoms in total. The van der Waals surface area contributed by atoms with Crippen molar-refractivity contribution in [2.24, 2.45) is 5.41 Å². The second-order valence-corrected chi connectivity index (χ2v) is 13.2. The topological polar surface area (TPSA) is 141 Å². The fourth-order valence-corrected chi connectivity index (χ4v) is 5.45. The number of benzene rings is 1. The molecule has 0 heterocycles. The van der Waals surface area contributed by atoms with Crippen LogP contribution >= 0.6 is 0 Å². The SMILES string of the molecule is CCC(C)(C)C(=O)[CH]c1ccc(OS(=O)(=O)C(F)(F)C(F)(F)C(F)(F)S(=O)(=O)NS(=O)(=O)C(F)(F)F)cc1. The Kier molecular flexibility index (Phi) is 9.03. The van der Waals surface area contributed by atoms with Crippen LogP contribution in [0.1, 0.15) is 32.8 Å². The van der Waals surface area contributed by atoms with Crippen LogP contribution in [0.3, 0.4) is 0 Å². The van der Waals surface area contributed by atoms with Crippen LogP contribution in [0.25, 0.3) is 0 Å². The lowest BCUT2D eigenvalue weighted by molar-refractivity contribution is -0.245. The number of alkyl halides is 9. The number of rotatable bonds is 12. The fourth-order valence-electron chi connectivity index (χ4n) is 2.06. The first-order valence-corrected chi connectivity index (χ1v) is 13.9. The van der Waals surface area contributed by atoms with Crippen molar-refractivity contribution in [1.29, 1.82) is 0 Å². The Morgan fingerprint density at radius 2 is 1.26 bits per heavy atom. The van der Waals surface area contributed by atoms with E-state index in [2.05, 4.69) is 4.18 Å². The van der Waals surface area contributed by atoms with Crippen LogP contribution in [0.5, 0.6) is 5.75 Å². The Morgan fingerprint density at radius 3 is 1.66 bits per heavy atom. The van der Waals surface area contributed by atoms with Gasteiger partial charge in [0.2, 0.25) is 0 Å². The fraction of sp³-hybridized carbons (Fsp3) is 0.529. The van der Waals surface area contributed by atoms with Gasteiger partial charge in [-0.15, -0.1) is 0 Å². The molecule has 1 N–H and O–H groups in total. The van der Waals surface area contributed by atoms with E-state index in [1.807, 2.05) is 0 Å². The van der Waals surface area contributed by atoms with Crippen LogP contribution in [0.15, 0.2) is 24.3 Å². The van der Waals surface area contributed by atoms with Crippen molar-refractivity contribution in [3.8, 4) is 5.75 Å². The van der Waals surface area contributed by atoms with Crippen LogP contribution in [-0.4, -0.2) is 53.0 Å². The van der Waals surface area contributed by atoms with Gasteiger partial charge in [-0.05, 0) is 24.1 Å². The summed E-state index contributed by atoms with van der Waals surface area (Å²) in [5.74, 6) is -9.25. The number of carbonyl (C=O) groups excluding carboxylic acids is 1. The molecule has 1 aromatic rings. The summed E-state index contributed by atoms with van der Waals surface area (Å²) in [4.78, 5) is 12.1. The monoisotopic (exact) mass is 630 g/mol. The van der Waals surface area contributed by atoms with E-state index in [-0.39, 0.29) is 5.56 Å². The van der Waals surface area contributed by atoms with Crippen molar-refractivity contribution in [1.82, 2.24) is 4.13 Å². The van der Waals surface area contributed by atoms with Crippen LogP contribution < -0.4 is 8.31 Å². The van der Waals surface area contributed by atoms with Gasteiger partial charge in [-0.1, -0.05) is 37.0 Å². The average molecular weight is 631 g/mol. The highest BCUT2D eigenvalue weighted by atomic mass is 32.3. The quantitative estimate of drug-likeness (QED) is 0.273. The van der Waals surface area contributed by atoms with Gasteiger partial charge in [-0.25, -0.2) is 16.8 Å². The van der Waals surface area contributed by atoms with E-state index in [0.717, 1.165) is 18.6 Å². The highest BCUT2D eigenvalue weighted by molar-refractivity contribution is 8.05. The molecule has 0 fully saturated rings. The summed E-state index contributed by atoms with van der Waals surface area (Å²) in [6.07, 6.45) is 1.43. The molecule has 21 heteroatoms. The Bertz CT molecular complexity index is 1370. The first kappa shape index (κ1) is 33.9. The van der Waals surface area contributed by atoms with Crippen LogP contribution in [0.4, 0.5) is 39.5 Å². The number of ketones is 1. The van der Waals surface area contributed by atoms with Gasteiger partial charge in [-0.3, -0.25) is 4.79 Å². The van der Waals surface area contributed by atoms with Gasteiger partial charge in [0.25, 0.3) is 10.0 Å². The molecule has 1 aromatic carbocycles. The lowest BCUT2D eigenvalue weighted by atomic mass is 9.82. The van der Waals surface area contributed by atoms with E-state index in [1.54, 1.807) is 20.8 Å². The first-order valence-electron chi connectivity index (χ1n) is 9.51. The van der Waals surface area contributed by atoms with E-state index < -0.39 is 73.2 Å². The predicted octanol–water partition coefficient (Wildman–Crippen LogP) is 3.54. The summed E-state index contributed by atoms with van der Waals surface area (Å²) in [6.45, 7) is 4.83. The number of nitrogens with one attached hydrogen (secondary N) is 1. The number of hydrogen-bond donors (Lipinski definition) is 1. The van der Waals surface area contributed by atoms with Gasteiger partial charge < -0.3 is 4.18 Å². The number of hydrogen-bond acceptors (Lipinski definition) is 8. The largest absolute Gasteiger partial charge is 0.512 e. The zero-order valence-electron chi connectivity index (χ0n) is 19.0. The maximum absolute atomic E-state index is 14.1. The normalized spacial score (nSPS) is 14.8. The molecule has 0 aliphatic rings. The molecule has 38 heavy (non-hydrogen) atoms. The molecule has 1 rings (SSSR count). The van der Waals surface area contributed by atoms with Crippen molar-refractivity contribution in [3.63, 3.8) is 0 Å². The minimum Gasteiger partial charge on any atom is -0.378 e. The third kappa shape index (κ3) is 6.19. The van der Waals surface area contributed by atoms with Crippen molar-refractivity contribution in [2.45, 2.75) is 49.1 Å². The zero-order chi connectivity index (χ0) is 30.4. The van der Waals surface area contributed by atoms with Gasteiger partial charge in [0.05, 0.1) is 6.42 Å². The molecule has 0 atom stereocenters. The molecule has 0 aliphatic heterocycles. The number of sulfonamides is 2. The summed E-state index contributed by atoms with van der Waals surface area (Å²) >= 11 is 0. The second-order valence-electron chi connectivity index (χ2n) is 8.00. The maximum Gasteiger partial charge on any atom is 0.512 e. The molecular weight excluding hydrogens is 613 g/mol. The predicted molar refractivity (Wildman–Crippen MR) is 110 cm³/mol. The molecular formula is C17H17F9NO8S3. The van der Waals surface area contributed by atoms with E-state index in [1.165, 1.54) is 0 Å². The maximum atomic E-state index is 14.1. The standard InChI is InChI=1S/C17H17F9NO8S3/c1-4-13(2,3)12(28)9-10-5-7-11(8-6-10)35-38(33,34)16(22,23)14(18,19)15(20,21)36(29,30)27-37(31,32)17(24,25)26/h5-9,27H,4H2,1-3H3. The molecule has 219 valence electrons. The molecule has 0 bridgehead atoms. The van der Waals surface area contributed by atoms with Gasteiger partial charge in [0.15, 0.2) is 0 Å². The van der Waals surface area contributed by atoms with Crippen molar-refractivity contribution < 1.29 is 73.7 Å². The summed E-state index contributed by atoms with van der Waals surface area (Å²) in [7, 11) is -22.5. The smallest absolute Gasteiger partial charge is 0.378 e. The number of carbonyl (C=O) groups is 1. The highest BCUT2D eigenvalue weighted by Crippen LogP contribution is 2.51. The minimum atomic E-state index is -7.88. The van der Waals surface area contributed by atoms with Crippen LogP contribution in [0, 0.1) is 11.8 Å². The van der Waals surface area contributed by atoms with E-state index in [9.17, 15) is 69.6 Å². The lowest BCUT2D eigenvalue weighted by Crippen LogP contribution is -2.64. The van der Waals surface area contributed by atoms with E-state index >= 15 is 0 Å². The van der Waals surface area contributed by atoms with Crippen LogP contribution in [0.2, 0.25) is 0 Å². The highest BCUT2D eigenvalue weighted by Gasteiger charge is 2.83. The Hall–Kier alpha value is -2.13. The summed E-state index contributed by atoms with van der Waals surface area (Å²) in [6, 6.07) is 2.79. The molecule has 0 spiro atoms. The third-order valence-electron chi connectivity index (χ3n) is 4.84. The number of Topliss-reactive ketones (excluding diaryl/α,β-unsaturated/α-hetero) is 1. The zero-order valence-corrected chi connectivity index (χ0v) is 21.4. The molecule has 0 amide bonds. The third-order valence-corrected chi connectivity index (χ3v) is 9.43. The summed E-state index contributed by atoms with van der Waals surface area (Å²) < 4.78 is 191. The summed E-state index contributed by atoms with van der Waals surface area (Å²) in [5.41, 5.74) is -7.48. The van der Waals surface area contributed by atoms with Crippen molar-refractivity contribution in [2.75, 3.05) is 0 Å². The van der Waals surface area contributed by atoms with Gasteiger partial charge >= 0.3 is 42.1 Å². The molecule has 0 aromatic heterocycles. The Balaban J connectivity index is 3.33. The molecule has 0 saturated carbocycles. The van der Waals surface area contributed by atoms with Gasteiger partial charge in [-0.2, -0.15) is 47.9 Å². The lowest BCUT2D eigenvalue weighted by Gasteiger charge is -2.31. The second kappa shape index (κ2) is 10.1. The average Bonchev–Trinajstić information content (AvgIpc) is 2.72. The molecule has 1 radical (unpaired) electrons. The molecule has 0 aliphatic carbocycles. The first-order chi connectivity index (χ1) is 16.6.